The number of aryl methyl sites for hydroxylation is 1. The van der Waals surface area contributed by atoms with E-state index in [1.165, 1.54) is 30.6 Å². The number of nitrogens with one attached hydrogen (secondary N) is 2. The third-order valence-electron chi connectivity index (χ3n) is 3.77. The number of amides is 1. The summed E-state index contributed by atoms with van der Waals surface area (Å²) in [5.74, 6) is 0.201. The first-order valence-electron chi connectivity index (χ1n) is 8.01. The molecule has 6 nitrogen and oxygen atoms in total. The number of benzene rings is 2. The highest BCUT2D eigenvalue weighted by Gasteiger charge is 2.17. The second-order valence-electron chi connectivity index (χ2n) is 5.77. The summed E-state index contributed by atoms with van der Waals surface area (Å²) in [4.78, 5) is 12.7. The van der Waals surface area contributed by atoms with Gasteiger partial charge in [0.05, 0.1) is 22.6 Å². The molecule has 27 heavy (non-hydrogen) atoms. The zero-order valence-corrected chi connectivity index (χ0v) is 16.4. The molecule has 0 spiro atoms. The standard InChI is InChI=1S/C19H18N2O4S2/c1-13-5-10-17(25-2)16(12-13)21-27(23,24)15-8-6-14(7-9-15)20-19(22)18-4-3-11-26-18/h3-12,21H,1-2H3,(H,20,22). The molecule has 1 aromatic heterocycles. The Morgan fingerprint density at radius 3 is 2.44 bits per heavy atom. The third kappa shape index (κ3) is 4.47. The van der Waals surface area contributed by atoms with E-state index in [9.17, 15) is 13.2 Å². The van der Waals surface area contributed by atoms with Crippen LogP contribution in [0.1, 0.15) is 15.2 Å². The fraction of sp³-hybridized carbons (Fsp3) is 0.105. The topological polar surface area (TPSA) is 84.5 Å². The van der Waals surface area contributed by atoms with Gasteiger partial charge in [-0.25, -0.2) is 8.42 Å². The van der Waals surface area contributed by atoms with Crippen molar-refractivity contribution in [2.75, 3.05) is 17.1 Å². The first kappa shape index (κ1) is 18.9. The molecule has 0 aliphatic heterocycles. The van der Waals surface area contributed by atoms with E-state index in [0.29, 0.717) is 22.0 Å². The molecule has 0 aliphatic carbocycles. The van der Waals surface area contributed by atoms with E-state index < -0.39 is 10.0 Å². The van der Waals surface area contributed by atoms with Gasteiger partial charge in [0.15, 0.2) is 0 Å². The number of hydrogen-bond acceptors (Lipinski definition) is 5. The third-order valence-corrected chi connectivity index (χ3v) is 6.02. The van der Waals surface area contributed by atoms with Crippen LogP contribution in [0.25, 0.3) is 0 Å². The summed E-state index contributed by atoms with van der Waals surface area (Å²) in [7, 11) is -2.31. The molecule has 0 radical (unpaired) electrons. The average Bonchev–Trinajstić information content (AvgIpc) is 3.17. The van der Waals surface area contributed by atoms with Gasteiger partial charge in [-0.15, -0.1) is 11.3 Å². The van der Waals surface area contributed by atoms with Crippen molar-refractivity contribution in [2.24, 2.45) is 0 Å². The van der Waals surface area contributed by atoms with Crippen molar-refractivity contribution in [1.82, 2.24) is 0 Å². The van der Waals surface area contributed by atoms with Gasteiger partial charge in [0.1, 0.15) is 5.75 Å². The van der Waals surface area contributed by atoms with Gasteiger partial charge in [0.2, 0.25) is 0 Å². The zero-order chi connectivity index (χ0) is 19.4. The molecule has 0 saturated heterocycles. The Hall–Kier alpha value is -2.84. The van der Waals surface area contributed by atoms with Gasteiger partial charge in [-0.3, -0.25) is 9.52 Å². The molecule has 140 valence electrons. The lowest BCUT2D eigenvalue weighted by molar-refractivity contribution is 0.103. The molecule has 2 N–H and O–H groups in total. The van der Waals surface area contributed by atoms with E-state index in [0.717, 1.165) is 5.56 Å². The van der Waals surface area contributed by atoms with Gasteiger partial charge in [-0.05, 0) is 60.3 Å². The molecular formula is C19H18N2O4S2. The number of rotatable bonds is 6. The molecule has 3 rings (SSSR count). The summed E-state index contributed by atoms with van der Waals surface area (Å²) in [5.41, 5.74) is 1.79. The molecule has 3 aromatic rings. The van der Waals surface area contributed by atoms with Gasteiger partial charge in [-0.1, -0.05) is 12.1 Å². The monoisotopic (exact) mass is 402 g/mol. The molecule has 0 unspecified atom stereocenters. The number of carbonyl (C=O) groups excluding carboxylic acids is 1. The van der Waals surface area contributed by atoms with Gasteiger partial charge >= 0.3 is 0 Å². The van der Waals surface area contributed by atoms with Crippen molar-refractivity contribution >= 4 is 38.6 Å². The van der Waals surface area contributed by atoms with Crippen LogP contribution < -0.4 is 14.8 Å². The minimum atomic E-state index is -3.79. The van der Waals surface area contributed by atoms with Crippen molar-refractivity contribution in [1.29, 1.82) is 0 Å². The van der Waals surface area contributed by atoms with Crippen LogP contribution in [0.4, 0.5) is 11.4 Å². The molecule has 1 amide bonds. The fourth-order valence-corrected chi connectivity index (χ4v) is 4.10. The van der Waals surface area contributed by atoms with Gasteiger partial charge in [0.25, 0.3) is 15.9 Å². The summed E-state index contributed by atoms with van der Waals surface area (Å²) in [6.07, 6.45) is 0. The van der Waals surface area contributed by atoms with Crippen LogP contribution in [0, 0.1) is 6.92 Å². The lowest BCUT2D eigenvalue weighted by atomic mass is 10.2. The van der Waals surface area contributed by atoms with E-state index >= 15 is 0 Å². The number of methoxy groups -OCH3 is 1. The summed E-state index contributed by atoms with van der Waals surface area (Å²) >= 11 is 1.33. The van der Waals surface area contributed by atoms with Crippen LogP contribution in [-0.2, 0) is 10.0 Å². The first-order chi connectivity index (χ1) is 12.9. The Morgan fingerprint density at radius 1 is 1.07 bits per heavy atom. The highest BCUT2D eigenvalue weighted by molar-refractivity contribution is 7.92. The van der Waals surface area contributed by atoms with Crippen LogP contribution in [0.2, 0.25) is 0 Å². The lowest BCUT2D eigenvalue weighted by Gasteiger charge is -2.13. The first-order valence-corrected chi connectivity index (χ1v) is 10.4. The molecule has 0 fully saturated rings. The number of anilines is 2. The van der Waals surface area contributed by atoms with Crippen LogP contribution in [0.15, 0.2) is 64.9 Å². The fourth-order valence-electron chi connectivity index (χ4n) is 2.42. The summed E-state index contributed by atoms with van der Waals surface area (Å²) in [6, 6.07) is 14.7. The highest BCUT2D eigenvalue weighted by atomic mass is 32.2. The Balaban J connectivity index is 1.78. The normalized spacial score (nSPS) is 11.0. The Bertz CT molecular complexity index is 1040. The highest BCUT2D eigenvalue weighted by Crippen LogP contribution is 2.28. The number of ether oxygens (including phenoxy) is 1. The predicted molar refractivity (Wildman–Crippen MR) is 107 cm³/mol. The van der Waals surface area contributed by atoms with Crippen molar-refractivity contribution in [3.63, 3.8) is 0 Å². The van der Waals surface area contributed by atoms with Gasteiger partial charge in [-0.2, -0.15) is 0 Å². The maximum atomic E-state index is 12.6. The molecule has 0 aliphatic rings. The summed E-state index contributed by atoms with van der Waals surface area (Å²) in [6.45, 7) is 1.86. The van der Waals surface area contributed by atoms with E-state index in [4.69, 9.17) is 4.74 Å². The molecule has 2 aromatic carbocycles. The maximum absolute atomic E-state index is 12.6. The minimum absolute atomic E-state index is 0.0835. The number of hydrogen-bond donors (Lipinski definition) is 2. The number of thiophene rings is 1. The van der Waals surface area contributed by atoms with E-state index in [2.05, 4.69) is 10.0 Å². The quantitative estimate of drug-likeness (QED) is 0.650. The zero-order valence-electron chi connectivity index (χ0n) is 14.7. The summed E-state index contributed by atoms with van der Waals surface area (Å²) < 4.78 is 33.0. The second kappa shape index (κ2) is 7.81. The van der Waals surface area contributed by atoms with Crippen LogP contribution in [-0.4, -0.2) is 21.4 Å². The minimum Gasteiger partial charge on any atom is -0.495 e. The van der Waals surface area contributed by atoms with Gasteiger partial charge in [0, 0.05) is 5.69 Å². The Kier molecular flexibility index (Phi) is 5.48. The molecule has 0 saturated carbocycles. The number of carbonyl (C=O) groups is 1. The Morgan fingerprint density at radius 2 is 1.81 bits per heavy atom. The van der Waals surface area contributed by atoms with E-state index in [1.807, 2.05) is 18.4 Å². The molecule has 8 heteroatoms. The van der Waals surface area contributed by atoms with Crippen LogP contribution in [0.3, 0.4) is 0 Å². The predicted octanol–water partition coefficient (Wildman–Crippen LogP) is 4.12. The van der Waals surface area contributed by atoms with Crippen LogP contribution >= 0.6 is 11.3 Å². The maximum Gasteiger partial charge on any atom is 0.265 e. The van der Waals surface area contributed by atoms with Crippen molar-refractivity contribution in [2.45, 2.75) is 11.8 Å². The molecule has 0 bridgehead atoms. The lowest BCUT2D eigenvalue weighted by Crippen LogP contribution is -2.14. The SMILES string of the molecule is COc1ccc(C)cc1NS(=O)(=O)c1ccc(NC(=O)c2cccs2)cc1. The van der Waals surface area contributed by atoms with E-state index in [-0.39, 0.29) is 10.8 Å². The summed E-state index contributed by atoms with van der Waals surface area (Å²) in [5, 5.41) is 4.55. The van der Waals surface area contributed by atoms with Crippen molar-refractivity contribution in [3.05, 3.63) is 70.4 Å². The van der Waals surface area contributed by atoms with Crippen molar-refractivity contribution in [3.8, 4) is 5.75 Å². The molecular weight excluding hydrogens is 384 g/mol. The average molecular weight is 402 g/mol. The molecule has 1 heterocycles. The second-order valence-corrected chi connectivity index (χ2v) is 8.40. The molecule has 0 atom stereocenters. The van der Waals surface area contributed by atoms with Crippen LogP contribution in [0.5, 0.6) is 5.75 Å². The van der Waals surface area contributed by atoms with Crippen molar-refractivity contribution < 1.29 is 17.9 Å². The smallest absolute Gasteiger partial charge is 0.265 e. The van der Waals surface area contributed by atoms with E-state index in [1.54, 1.807) is 36.4 Å². The Labute approximate surface area is 161 Å². The van der Waals surface area contributed by atoms with Gasteiger partial charge < -0.3 is 10.1 Å². The largest absolute Gasteiger partial charge is 0.495 e. The number of sulfonamides is 1.